The highest BCUT2D eigenvalue weighted by Crippen LogP contribution is 2.27. The van der Waals surface area contributed by atoms with Crippen molar-refractivity contribution in [3.05, 3.63) is 64.5 Å². The first-order chi connectivity index (χ1) is 14.8. The van der Waals surface area contributed by atoms with Crippen molar-refractivity contribution in [1.82, 2.24) is 14.8 Å². The number of nitrogens with zero attached hydrogens (tertiary/aromatic N) is 3. The molecule has 0 radical (unpaired) electrons. The van der Waals surface area contributed by atoms with Crippen molar-refractivity contribution in [1.29, 1.82) is 0 Å². The number of amides is 1. The first kappa shape index (κ1) is 22.9. The second-order valence-corrected chi connectivity index (χ2v) is 8.77. The van der Waals surface area contributed by atoms with Crippen LogP contribution in [0.15, 0.2) is 41.6 Å². The summed E-state index contributed by atoms with van der Waals surface area (Å²) in [5.41, 5.74) is 5.35. The molecule has 1 N–H and O–H groups in total. The molecule has 0 aliphatic rings. The second kappa shape index (κ2) is 10.0. The third-order valence-electron chi connectivity index (χ3n) is 4.90. The summed E-state index contributed by atoms with van der Waals surface area (Å²) in [5.74, 6) is 1.78. The molecule has 1 amide bonds. The van der Waals surface area contributed by atoms with Crippen LogP contribution < -0.4 is 10.1 Å². The zero-order valence-electron chi connectivity index (χ0n) is 19.0. The number of aromatic nitrogens is 3. The number of anilines is 1. The van der Waals surface area contributed by atoms with E-state index in [2.05, 4.69) is 34.6 Å². The van der Waals surface area contributed by atoms with Crippen LogP contribution in [0.2, 0.25) is 0 Å². The van der Waals surface area contributed by atoms with Gasteiger partial charge in [-0.15, -0.1) is 10.2 Å². The first-order valence-corrected chi connectivity index (χ1v) is 11.4. The Morgan fingerprint density at radius 1 is 1.06 bits per heavy atom. The molecule has 2 aromatic carbocycles. The monoisotopic (exact) mass is 438 g/mol. The molecule has 1 heterocycles. The zero-order chi connectivity index (χ0) is 22.5. The lowest BCUT2D eigenvalue weighted by Crippen LogP contribution is -2.15. The Hall–Kier alpha value is -2.80. The fourth-order valence-corrected chi connectivity index (χ4v) is 4.36. The van der Waals surface area contributed by atoms with Gasteiger partial charge in [-0.05, 0) is 76.4 Å². The van der Waals surface area contributed by atoms with E-state index in [4.69, 9.17) is 4.74 Å². The van der Waals surface area contributed by atoms with Gasteiger partial charge in [-0.2, -0.15) is 0 Å². The molecule has 0 fully saturated rings. The number of nitrogens with one attached hydrogen (secondary N) is 1. The lowest BCUT2D eigenvalue weighted by molar-refractivity contribution is -0.113. The molecule has 3 aromatic rings. The number of ether oxygens (including phenoxy) is 1. The van der Waals surface area contributed by atoms with E-state index in [0.29, 0.717) is 11.7 Å². The van der Waals surface area contributed by atoms with Crippen molar-refractivity contribution in [3.63, 3.8) is 0 Å². The maximum absolute atomic E-state index is 12.4. The van der Waals surface area contributed by atoms with Crippen molar-refractivity contribution in [2.75, 3.05) is 11.1 Å². The summed E-state index contributed by atoms with van der Waals surface area (Å²) in [6.45, 7) is 12.8. The molecule has 7 heteroatoms. The molecular weight excluding hydrogens is 408 g/mol. The molecule has 1 unspecified atom stereocenters. The first-order valence-electron chi connectivity index (χ1n) is 10.4. The number of rotatable bonds is 8. The van der Waals surface area contributed by atoms with Crippen LogP contribution in [0, 0.1) is 27.7 Å². The standard InChI is InChI=1S/C24H30N4O2S/c1-7-28-23(19(6)30-21-9-8-15(2)11-18(21)5)26-27-24(28)31-14-22(29)25-20-12-16(3)10-17(4)13-20/h8-13,19H,7,14H2,1-6H3,(H,25,29). The third kappa shape index (κ3) is 5.88. The molecule has 0 aliphatic carbocycles. The van der Waals surface area contributed by atoms with Crippen LogP contribution in [0.3, 0.4) is 0 Å². The molecule has 3 rings (SSSR count). The number of thioether (sulfide) groups is 1. The number of hydrogen-bond acceptors (Lipinski definition) is 5. The predicted octanol–water partition coefficient (Wildman–Crippen LogP) is 5.40. The quantitative estimate of drug-likeness (QED) is 0.477. The van der Waals surface area contributed by atoms with Crippen LogP contribution in [-0.2, 0) is 11.3 Å². The molecule has 0 aliphatic heterocycles. The molecular formula is C24H30N4O2S. The highest BCUT2D eigenvalue weighted by Gasteiger charge is 2.20. The van der Waals surface area contributed by atoms with Gasteiger partial charge in [-0.3, -0.25) is 4.79 Å². The Morgan fingerprint density at radius 3 is 2.42 bits per heavy atom. The van der Waals surface area contributed by atoms with Gasteiger partial charge in [0.25, 0.3) is 0 Å². The topological polar surface area (TPSA) is 69.0 Å². The Balaban J connectivity index is 1.65. The van der Waals surface area contributed by atoms with Gasteiger partial charge >= 0.3 is 0 Å². The SMILES string of the molecule is CCn1c(SCC(=O)Nc2cc(C)cc(C)c2)nnc1C(C)Oc1ccc(C)cc1C. The van der Waals surface area contributed by atoms with Gasteiger partial charge in [0, 0.05) is 12.2 Å². The van der Waals surface area contributed by atoms with E-state index in [1.54, 1.807) is 0 Å². The lowest BCUT2D eigenvalue weighted by Gasteiger charge is -2.17. The smallest absolute Gasteiger partial charge is 0.234 e. The Kier molecular flexibility index (Phi) is 7.38. The fourth-order valence-electron chi connectivity index (χ4n) is 3.55. The van der Waals surface area contributed by atoms with Gasteiger partial charge < -0.3 is 14.6 Å². The summed E-state index contributed by atoms with van der Waals surface area (Å²) in [6, 6.07) is 12.1. The van der Waals surface area contributed by atoms with Gasteiger partial charge in [0.15, 0.2) is 17.1 Å². The summed E-state index contributed by atoms with van der Waals surface area (Å²) in [6.07, 6.45) is -0.257. The highest BCUT2D eigenvalue weighted by atomic mass is 32.2. The van der Waals surface area contributed by atoms with Crippen LogP contribution in [0.4, 0.5) is 5.69 Å². The largest absolute Gasteiger partial charge is 0.482 e. The highest BCUT2D eigenvalue weighted by molar-refractivity contribution is 7.99. The van der Waals surface area contributed by atoms with Crippen molar-refractivity contribution in [2.45, 2.75) is 59.3 Å². The third-order valence-corrected chi connectivity index (χ3v) is 5.86. The summed E-state index contributed by atoms with van der Waals surface area (Å²) in [5, 5.41) is 12.3. The minimum atomic E-state index is -0.257. The van der Waals surface area contributed by atoms with Crippen molar-refractivity contribution >= 4 is 23.4 Å². The van der Waals surface area contributed by atoms with Crippen molar-refractivity contribution in [3.8, 4) is 5.75 Å². The minimum Gasteiger partial charge on any atom is -0.482 e. The van der Waals surface area contributed by atoms with Gasteiger partial charge in [0.2, 0.25) is 5.91 Å². The molecule has 164 valence electrons. The van der Waals surface area contributed by atoms with Crippen LogP contribution in [0.1, 0.15) is 48.0 Å². The molecule has 6 nitrogen and oxygen atoms in total. The van der Waals surface area contributed by atoms with Gasteiger partial charge in [-0.25, -0.2) is 0 Å². The number of hydrogen-bond donors (Lipinski definition) is 1. The Bertz CT molecular complexity index is 1060. The molecule has 0 saturated carbocycles. The lowest BCUT2D eigenvalue weighted by atomic mass is 10.1. The summed E-state index contributed by atoms with van der Waals surface area (Å²) in [7, 11) is 0. The molecule has 1 aromatic heterocycles. The van der Waals surface area contributed by atoms with Gasteiger partial charge in [0.1, 0.15) is 5.75 Å². The van der Waals surface area contributed by atoms with E-state index in [9.17, 15) is 4.79 Å². The summed E-state index contributed by atoms with van der Waals surface area (Å²) < 4.78 is 8.16. The molecule has 0 saturated heterocycles. The second-order valence-electron chi connectivity index (χ2n) is 7.83. The number of aryl methyl sites for hydroxylation is 4. The van der Waals surface area contributed by atoms with E-state index >= 15 is 0 Å². The van der Waals surface area contributed by atoms with Crippen LogP contribution in [-0.4, -0.2) is 26.4 Å². The zero-order valence-corrected chi connectivity index (χ0v) is 19.8. The fraction of sp³-hybridized carbons (Fsp3) is 0.375. The van der Waals surface area contributed by atoms with E-state index in [1.165, 1.54) is 17.3 Å². The number of benzene rings is 2. The molecule has 0 bridgehead atoms. The van der Waals surface area contributed by atoms with Crippen LogP contribution in [0.25, 0.3) is 0 Å². The van der Waals surface area contributed by atoms with E-state index in [0.717, 1.165) is 34.0 Å². The van der Waals surface area contributed by atoms with E-state index in [-0.39, 0.29) is 17.8 Å². The average molecular weight is 439 g/mol. The predicted molar refractivity (Wildman–Crippen MR) is 126 cm³/mol. The van der Waals surface area contributed by atoms with Crippen LogP contribution in [0.5, 0.6) is 5.75 Å². The minimum absolute atomic E-state index is 0.0678. The number of carbonyl (C=O) groups excluding carboxylic acids is 1. The molecule has 0 spiro atoms. The van der Waals surface area contributed by atoms with Crippen molar-refractivity contribution < 1.29 is 9.53 Å². The van der Waals surface area contributed by atoms with Gasteiger partial charge in [-0.1, -0.05) is 35.5 Å². The normalized spacial score (nSPS) is 11.9. The van der Waals surface area contributed by atoms with Crippen LogP contribution >= 0.6 is 11.8 Å². The van der Waals surface area contributed by atoms with Gasteiger partial charge in [0.05, 0.1) is 5.75 Å². The Morgan fingerprint density at radius 2 is 1.77 bits per heavy atom. The maximum atomic E-state index is 12.4. The Labute approximate surface area is 188 Å². The summed E-state index contributed by atoms with van der Waals surface area (Å²) >= 11 is 1.38. The average Bonchev–Trinajstić information content (AvgIpc) is 3.10. The number of carbonyl (C=O) groups is 1. The van der Waals surface area contributed by atoms with E-state index < -0.39 is 0 Å². The molecule has 1 atom stereocenters. The maximum Gasteiger partial charge on any atom is 0.234 e. The van der Waals surface area contributed by atoms with Crippen molar-refractivity contribution in [2.24, 2.45) is 0 Å². The van der Waals surface area contributed by atoms with E-state index in [1.807, 2.05) is 63.5 Å². The summed E-state index contributed by atoms with van der Waals surface area (Å²) in [4.78, 5) is 12.4. The molecule has 31 heavy (non-hydrogen) atoms.